The first-order valence-electron chi connectivity index (χ1n) is 14.6. The second kappa shape index (κ2) is 11.7. The lowest BCUT2D eigenvalue weighted by molar-refractivity contribution is 0.161. The number of aliphatic imine (C=N–C) groups is 2. The maximum absolute atomic E-state index is 5.39. The Kier molecular flexibility index (Phi) is 7.12. The molecular weight excluding hydrogens is 632 g/mol. The zero-order chi connectivity index (χ0) is 30.2. The van der Waals surface area contributed by atoms with Gasteiger partial charge in [-0.25, -0.2) is 19.9 Å². The Hall–Kier alpha value is -5.20. The minimum Gasteiger partial charge on any atom is -0.377 e. The minimum atomic E-state index is 0.665. The Morgan fingerprint density at radius 2 is 1.33 bits per heavy atom. The van der Waals surface area contributed by atoms with E-state index in [1.807, 2.05) is 24.6 Å². The Morgan fingerprint density at radius 3 is 1.96 bits per heavy atom. The van der Waals surface area contributed by atoms with E-state index in [1.165, 1.54) is 16.7 Å². The van der Waals surface area contributed by atoms with Crippen LogP contribution in [0.15, 0.2) is 81.8 Å². The van der Waals surface area contributed by atoms with Crippen molar-refractivity contribution in [2.24, 2.45) is 9.98 Å². The molecule has 0 aliphatic carbocycles. The van der Waals surface area contributed by atoms with Gasteiger partial charge in [0.1, 0.15) is 35.6 Å². The summed E-state index contributed by atoms with van der Waals surface area (Å²) in [5, 5.41) is 8.69. The summed E-state index contributed by atoms with van der Waals surface area (Å²) in [4.78, 5) is 32.4. The first kappa shape index (κ1) is 27.4. The Bertz CT molecular complexity index is 2160. The van der Waals surface area contributed by atoms with Gasteiger partial charge in [0.2, 0.25) is 0 Å². The van der Waals surface area contributed by atoms with Crippen molar-refractivity contribution >= 4 is 79.0 Å². The number of benzene rings is 2. The van der Waals surface area contributed by atoms with Crippen LogP contribution >= 0.6 is 15.9 Å². The van der Waals surface area contributed by atoms with Gasteiger partial charge < -0.3 is 25.3 Å². The highest BCUT2D eigenvalue weighted by atomic mass is 79.9. The van der Waals surface area contributed by atoms with Crippen LogP contribution in [-0.4, -0.2) is 55.5 Å². The lowest BCUT2D eigenvalue weighted by Gasteiger charge is -2.11. The molecule has 12 heteroatoms. The van der Waals surface area contributed by atoms with E-state index in [0.29, 0.717) is 6.61 Å². The SMILES string of the molecule is Brc1cc2c(Nc3ccc4c(c3)C=NC4)ncnc2[nH]1.C1=NCc2ccc(Nc3ncnc4[nH]c(C5=CCOCC5)cc34)cc21. The maximum Gasteiger partial charge on any atom is 0.143 e. The summed E-state index contributed by atoms with van der Waals surface area (Å²) in [6.45, 7) is 2.97. The van der Waals surface area contributed by atoms with E-state index in [9.17, 15) is 0 Å². The smallest absolute Gasteiger partial charge is 0.143 e. The summed E-state index contributed by atoms with van der Waals surface area (Å²) in [7, 11) is 0. The monoisotopic (exact) mass is 658 g/mol. The van der Waals surface area contributed by atoms with E-state index in [0.717, 1.165) is 92.6 Å². The van der Waals surface area contributed by atoms with Crippen molar-refractivity contribution in [2.45, 2.75) is 19.5 Å². The number of halogens is 1. The highest BCUT2D eigenvalue weighted by Gasteiger charge is 2.14. The van der Waals surface area contributed by atoms with Gasteiger partial charge in [0.15, 0.2) is 0 Å². The summed E-state index contributed by atoms with van der Waals surface area (Å²) in [6, 6.07) is 16.6. The zero-order valence-electron chi connectivity index (χ0n) is 24.0. The highest BCUT2D eigenvalue weighted by molar-refractivity contribution is 9.10. The van der Waals surface area contributed by atoms with Crippen molar-refractivity contribution in [1.29, 1.82) is 0 Å². The summed E-state index contributed by atoms with van der Waals surface area (Å²) in [6.07, 6.45) is 9.98. The number of nitrogens with one attached hydrogen (secondary N) is 4. The number of fused-ring (bicyclic) bond motifs is 4. The average Bonchev–Trinajstić information content (AvgIpc) is 3.87. The third-order valence-corrected chi connectivity index (χ3v) is 8.36. The van der Waals surface area contributed by atoms with Crippen molar-refractivity contribution in [3.63, 3.8) is 0 Å². The molecule has 0 amide bonds. The number of aromatic nitrogens is 6. The molecule has 0 spiro atoms. The molecule has 0 atom stereocenters. The predicted octanol–water partition coefficient (Wildman–Crippen LogP) is 6.83. The van der Waals surface area contributed by atoms with Gasteiger partial charge in [-0.05, 0) is 86.6 Å². The van der Waals surface area contributed by atoms with E-state index < -0.39 is 0 Å². The number of H-pyrrole nitrogens is 2. The molecule has 11 nitrogen and oxygen atoms in total. The molecule has 4 aromatic heterocycles. The molecule has 0 saturated carbocycles. The van der Waals surface area contributed by atoms with Crippen LogP contribution in [-0.2, 0) is 17.8 Å². The first-order chi connectivity index (χ1) is 22.2. The van der Waals surface area contributed by atoms with E-state index in [4.69, 9.17) is 4.74 Å². The van der Waals surface area contributed by atoms with E-state index >= 15 is 0 Å². The van der Waals surface area contributed by atoms with Gasteiger partial charge in [0.05, 0.1) is 41.7 Å². The van der Waals surface area contributed by atoms with Crippen LogP contribution in [0.5, 0.6) is 0 Å². The molecule has 0 unspecified atom stereocenters. The quantitative estimate of drug-likeness (QED) is 0.159. The Labute approximate surface area is 266 Å². The van der Waals surface area contributed by atoms with Crippen LogP contribution in [0.2, 0.25) is 0 Å². The second-order valence-electron chi connectivity index (χ2n) is 10.8. The fourth-order valence-corrected chi connectivity index (χ4v) is 6.04. The molecule has 4 N–H and O–H groups in total. The highest BCUT2D eigenvalue weighted by Crippen LogP contribution is 2.30. The van der Waals surface area contributed by atoms with Crippen LogP contribution in [0.3, 0.4) is 0 Å². The van der Waals surface area contributed by atoms with Crippen molar-refractivity contribution in [3.05, 3.63) is 99.8 Å². The lowest BCUT2D eigenvalue weighted by Crippen LogP contribution is -2.03. The maximum atomic E-state index is 5.39. The molecule has 0 radical (unpaired) electrons. The van der Waals surface area contributed by atoms with Gasteiger partial charge in [-0.1, -0.05) is 18.2 Å². The number of rotatable bonds is 5. The first-order valence-corrected chi connectivity index (χ1v) is 15.4. The molecule has 0 saturated heterocycles. The van der Waals surface area contributed by atoms with Crippen LogP contribution in [0.4, 0.5) is 23.0 Å². The van der Waals surface area contributed by atoms with Gasteiger partial charge in [-0.3, -0.25) is 9.98 Å². The van der Waals surface area contributed by atoms with Crippen molar-refractivity contribution in [3.8, 4) is 0 Å². The van der Waals surface area contributed by atoms with Crippen molar-refractivity contribution in [2.75, 3.05) is 23.8 Å². The number of ether oxygens (including phenoxy) is 1. The Morgan fingerprint density at radius 1 is 0.711 bits per heavy atom. The van der Waals surface area contributed by atoms with E-state index in [2.05, 4.69) is 109 Å². The van der Waals surface area contributed by atoms with Gasteiger partial charge in [0, 0.05) is 29.5 Å². The third-order valence-electron chi connectivity index (χ3n) is 7.93. The van der Waals surface area contributed by atoms with Crippen molar-refractivity contribution in [1.82, 2.24) is 29.9 Å². The lowest BCUT2D eigenvalue weighted by atomic mass is 10.1. The van der Waals surface area contributed by atoms with Gasteiger partial charge in [-0.15, -0.1) is 0 Å². The number of hydrogen-bond donors (Lipinski definition) is 4. The zero-order valence-corrected chi connectivity index (χ0v) is 25.6. The molecule has 6 aromatic rings. The molecule has 7 heterocycles. The normalized spacial score (nSPS) is 14.6. The molecule has 0 fully saturated rings. The second-order valence-corrected chi connectivity index (χ2v) is 11.7. The topological polar surface area (TPSA) is 141 Å². The molecule has 222 valence electrons. The van der Waals surface area contributed by atoms with Crippen LogP contribution in [0.25, 0.3) is 27.6 Å². The van der Waals surface area contributed by atoms with E-state index in [1.54, 1.807) is 12.7 Å². The molecule has 3 aliphatic heterocycles. The summed E-state index contributed by atoms with van der Waals surface area (Å²) in [5.41, 5.74) is 10.8. The number of nitrogens with zero attached hydrogens (tertiary/aromatic N) is 6. The van der Waals surface area contributed by atoms with Gasteiger partial charge >= 0.3 is 0 Å². The van der Waals surface area contributed by atoms with Crippen LogP contribution < -0.4 is 10.6 Å². The van der Waals surface area contributed by atoms with Crippen LogP contribution in [0, 0.1) is 0 Å². The predicted molar refractivity (Wildman–Crippen MR) is 181 cm³/mol. The summed E-state index contributed by atoms with van der Waals surface area (Å²) in [5.74, 6) is 1.59. The fraction of sp³-hybridized carbons (Fsp3) is 0.152. The minimum absolute atomic E-state index is 0.665. The molecular formula is C33H27BrN10O. The van der Waals surface area contributed by atoms with Crippen molar-refractivity contribution < 1.29 is 4.74 Å². The third kappa shape index (κ3) is 5.61. The average molecular weight is 660 g/mol. The number of aromatic amines is 2. The molecule has 0 bridgehead atoms. The summed E-state index contributed by atoms with van der Waals surface area (Å²) >= 11 is 3.42. The number of hydrogen-bond acceptors (Lipinski definition) is 9. The summed E-state index contributed by atoms with van der Waals surface area (Å²) < 4.78 is 6.28. The fourth-order valence-electron chi connectivity index (χ4n) is 5.62. The Balaban J connectivity index is 0.000000137. The number of anilines is 4. The standard InChI is InChI=1S/C19H17N5O.C14H10BrN5/c1-2-15(7-14-10-20-9-13(1)14)23-18-16-8-17(12-3-5-25-6-4-12)24-19(16)22-11-21-18;15-12-4-11-13(17-7-18-14(11)20-12)19-10-2-1-8-5-16-6-9(8)3-10/h1-3,7-8,10-11H,4-6,9H2,(H2,21,22,23,24);1-4,6-7H,5H2,(H2,17,18,19,20). The molecule has 2 aromatic carbocycles. The van der Waals surface area contributed by atoms with Gasteiger partial charge in [-0.2, -0.15) is 0 Å². The van der Waals surface area contributed by atoms with Crippen LogP contribution in [0.1, 0.15) is 34.4 Å². The molecule has 9 rings (SSSR count). The van der Waals surface area contributed by atoms with Gasteiger partial charge in [0.25, 0.3) is 0 Å². The largest absolute Gasteiger partial charge is 0.377 e. The molecule has 3 aliphatic rings. The molecule has 45 heavy (non-hydrogen) atoms. The van der Waals surface area contributed by atoms with E-state index in [-0.39, 0.29) is 0 Å².